The van der Waals surface area contributed by atoms with Gasteiger partial charge in [-0.3, -0.25) is 0 Å². The summed E-state index contributed by atoms with van der Waals surface area (Å²) in [6, 6.07) is 6.18. The lowest BCUT2D eigenvalue weighted by Gasteiger charge is -2.13. The Morgan fingerprint density at radius 2 is 2.06 bits per heavy atom. The van der Waals surface area contributed by atoms with Gasteiger partial charge in [0.05, 0.1) is 11.4 Å². The minimum Gasteiger partial charge on any atom is -0.397 e. The molecular weight excluding hydrogens is 196 g/mol. The maximum Gasteiger partial charge on any atom is 0.0579 e. The van der Waals surface area contributed by atoms with Crippen molar-refractivity contribution in [1.29, 1.82) is 0 Å². The fourth-order valence-electron chi connectivity index (χ4n) is 2.54. The van der Waals surface area contributed by atoms with Gasteiger partial charge in [0.15, 0.2) is 0 Å². The Kier molecular flexibility index (Phi) is 3.70. The molecule has 2 rings (SSSR count). The molecule has 0 bridgehead atoms. The number of anilines is 2. The number of rotatable bonds is 4. The van der Waals surface area contributed by atoms with Gasteiger partial charge in [-0.05, 0) is 30.9 Å². The first-order valence-corrected chi connectivity index (χ1v) is 6.36. The third-order valence-corrected chi connectivity index (χ3v) is 3.67. The molecule has 1 aromatic rings. The van der Waals surface area contributed by atoms with Gasteiger partial charge in [0.2, 0.25) is 0 Å². The predicted molar refractivity (Wildman–Crippen MR) is 70.7 cm³/mol. The second-order valence-corrected chi connectivity index (χ2v) is 4.90. The van der Waals surface area contributed by atoms with E-state index >= 15 is 0 Å². The molecule has 0 amide bonds. The molecule has 3 N–H and O–H groups in total. The molecule has 0 heterocycles. The Hall–Kier alpha value is -1.18. The zero-order chi connectivity index (χ0) is 11.4. The van der Waals surface area contributed by atoms with Crippen molar-refractivity contribution in [3.63, 3.8) is 0 Å². The Labute approximate surface area is 98.2 Å². The van der Waals surface area contributed by atoms with E-state index < -0.39 is 0 Å². The van der Waals surface area contributed by atoms with Gasteiger partial charge in [0.1, 0.15) is 0 Å². The van der Waals surface area contributed by atoms with E-state index in [0.29, 0.717) is 0 Å². The molecule has 16 heavy (non-hydrogen) atoms. The number of hydrogen-bond acceptors (Lipinski definition) is 2. The smallest absolute Gasteiger partial charge is 0.0579 e. The van der Waals surface area contributed by atoms with Crippen LogP contribution in [0.25, 0.3) is 0 Å². The quantitative estimate of drug-likeness (QED) is 0.758. The second kappa shape index (κ2) is 5.24. The number of hydrogen-bond donors (Lipinski definition) is 2. The summed E-state index contributed by atoms with van der Waals surface area (Å²) >= 11 is 0. The number of aryl methyl sites for hydroxylation is 1. The zero-order valence-electron chi connectivity index (χ0n) is 10.1. The summed E-state index contributed by atoms with van der Waals surface area (Å²) in [5, 5.41) is 3.46. The summed E-state index contributed by atoms with van der Waals surface area (Å²) in [6.45, 7) is 3.11. The van der Waals surface area contributed by atoms with Crippen LogP contribution in [-0.2, 0) is 0 Å². The average molecular weight is 218 g/mol. The summed E-state index contributed by atoms with van der Waals surface area (Å²) in [5.41, 5.74) is 9.17. The maximum atomic E-state index is 6.01. The van der Waals surface area contributed by atoms with Crippen LogP contribution in [0.5, 0.6) is 0 Å². The number of nitrogens with two attached hydrogens (primary N) is 1. The first-order valence-electron chi connectivity index (χ1n) is 6.36. The molecule has 88 valence electrons. The second-order valence-electron chi connectivity index (χ2n) is 4.90. The van der Waals surface area contributed by atoms with Gasteiger partial charge in [0.25, 0.3) is 0 Å². The van der Waals surface area contributed by atoms with Crippen molar-refractivity contribution in [3.8, 4) is 0 Å². The lowest BCUT2D eigenvalue weighted by Crippen LogP contribution is -2.08. The summed E-state index contributed by atoms with van der Waals surface area (Å²) in [5.74, 6) is 0.943. The van der Waals surface area contributed by atoms with E-state index in [2.05, 4.69) is 30.4 Å². The number of nitrogen functional groups attached to an aromatic ring is 1. The molecule has 0 spiro atoms. The van der Waals surface area contributed by atoms with Crippen molar-refractivity contribution in [2.24, 2.45) is 5.92 Å². The Morgan fingerprint density at radius 1 is 1.31 bits per heavy atom. The first kappa shape index (κ1) is 11.3. The van der Waals surface area contributed by atoms with Crippen molar-refractivity contribution in [1.82, 2.24) is 0 Å². The van der Waals surface area contributed by atoms with Crippen LogP contribution in [0, 0.1) is 12.8 Å². The maximum absolute atomic E-state index is 6.01. The van der Waals surface area contributed by atoms with Crippen LogP contribution in [0.1, 0.15) is 37.7 Å². The van der Waals surface area contributed by atoms with Gasteiger partial charge in [-0.1, -0.05) is 37.8 Å². The van der Waals surface area contributed by atoms with Crippen molar-refractivity contribution < 1.29 is 0 Å². The molecule has 0 unspecified atom stereocenters. The Bertz CT molecular complexity index is 341. The van der Waals surface area contributed by atoms with E-state index in [0.717, 1.165) is 29.4 Å². The summed E-state index contributed by atoms with van der Waals surface area (Å²) < 4.78 is 0. The zero-order valence-corrected chi connectivity index (χ0v) is 10.1. The molecule has 1 aliphatic carbocycles. The summed E-state index contributed by atoms with van der Waals surface area (Å²) in [7, 11) is 0. The van der Waals surface area contributed by atoms with E-state index in [1.807, 2.05) is 0 Å². The van der Waals surface area contributed by atoms with Gasteiger partial charge in [0, 0.05) is 6.54 Å². The van der Waals surface area contributed by atoms with E-state index in [-0.39, 0.29) is 0 Å². The molecule has 0 atom stereocenters. The monoisotopic (exact) mass is 218 g/mol. The van der Waals surface area contributed by atoms with Crippen LogP contribution in [0.4, 0.5) is 11.4 Å². The Morgan fingerprint density at radius 3 is 2.81 bits per heavy atom. The number of para-hydroxylation sites is 1. The minimum absolute atomic E-state index is 0.897. The Balaban J connectivity index is 1.82. The molecule has 0 radical (unpaired) electrons. The van der Waals surface area contributed by atoms with Crippen LogP contribution >= 0.6 is 0 Å². The van der Waals surface area contributed by atoms with Crippen LogP contribution in [0.3, 0.4) is 0 Å². The molecule has 1 saturated carbocycles. The molecule has 1 fully saturated rings. The highest BCUT2D eigenvalue weighted by Gasteiger charge is 2.14. The molecular formula is C14H22N2. The number of nitrogens with one attached hydrogen (secondary N) is 1. The summed E-state index contributed by atoms with van der Waals surface area (Å²) in [4.78, 5) is 0. The highest BCUT2D eigenvalue weighted by atomic mass is 14.9. The van der Waals surface area contributed by atoms with Gasteiger partial charge in [-0.15, -0.1) is 0 Å². The third-order valence-electron chi connectivity index (χ3n) is 3.67. The SMILES string of the molecule is Cc1cccc(NCCC2CCCC2)c1N. The molecule has 1 aromatic carbocycles. The highest BCUT2D eigenvalue weighted by molar-refractivity contribution is 5.69. The fourth-order valence-corrected chi connectivity index (χ4v) is 2.54. The van der Waals surface area contributed by atoms with Crippen molar-refractivity contribution >= 4 is 11.4 Å². The standard InChI is InChI=1S/C14H22N2/c1-11-5-4-8-13(14(11)15)16-10-9-12-6-2-3-7-12/h4-5,8,12,16H,2-3,6-7,9-10,15H2,1H3. The predicted octanol–water partition coefficient (Wildman–Crippen LogP) is 3.57. The van der Waals surface area contributed by atoms with E-state index in [1.54, 1.807) is 0 Å². The molecule has 1 aliphatic rings. The van der Waals surface area contributed by atoms with Crippen LogP contribution in [0.15, 0.2) is 18.2 Å². The molecule has 0 aromatic heterocycles. The number of benzene rings is 1. The van der Waals surface area contributed by atoms with Gasteiger partial charge < -0.3 is 11.1 Å². The normalized spacial score (nSPS) is 16.6. The molecule has 0 saturated heterocycles. The highest BCUT2D eigenvalue weighted by Crippen LogP contribution is 2.28. The summed E-state index contributed by atoms with van der Waals surface area (Å²) in [6.07, 6.45) is 6.98. The molecule has 2 heteroatoms. The van der Waals surface area contributed by atoms with Crippen LogP contribution < -0.4 is 11.1 Å². The fraction of sp³-hybridized carbons (Fsp3) is 0.571. The average Bonchev–Trinajstić information content (AvgIpc) is 2.77. The lowest BCUT2D eigenvalue weighted by atomic mass is 10.0. The first-order chi connectivity index (χ1) is 7.77. The van der Waals surface area contributed by atoms with Gasteiger partial charge in [-0.25, -0.2) is 0 Å². The minimum atomic E-state index is 0.897. The van der Waals surface area contributed by atoms with E-state index in [1.165, 1.54) is 32.1 Å². The van der Waals surface area contributed by atoms with Gasteiger partial charge >= 0.3 is 0 Å². The molecule has 2 nitrogen and oxygen atoms in total. The molecule has 0 aliphatic heterocycles. The van der Waals surface area contributed by atoms with Crippen LogP contribution in [0.2, 0.25) is 0 Å². The van der Waals surface area contributed by atoms with Crippen LogP contribution in [-0.4, -0.2) is 6.54 Å². The van der Waals surface area contributed by atoms with E-state index in [9.17, 15) is 0 Å². The third kappa shape index (κ3) is 2.69. The lowest BCUT2D eigenvalue weighted by molar-refractivity contribution is 0.519. The topological polar surface area (TPSA) is 38.0 Å². The van der Waals surface area contributed by atoms with Crippen molar-refractivity contribution in [3.05, 3.63) is 23.8 Å². The van der Waals surface area contributed by atoms with E-state index in [4.69, 9.17) is 5.73 Å². The van der Waals surface area contributed by atoms with Crippen molar-refractivity contribution in [2.75, 3.05) is 17.6 Å². The van der Waals surface area contributed by atoms with Crippen molar-refractivity contribution in [2.45, 2.75) is 39.0 Å². The largest absolute Gasteiger partial charge is 0.397 e. The van der Waals surface area contributed by atoms with Gasteiger partial charge in [-0.2, -0.15) is 0 Å².